The molecule has 0 aliphatic carbocycles. The normalized spacial score (nSPS) is 17.8. The average molecular weight is 319 g/mol. The standard InChI is InChI=1S/C18H29N3O2/c1-4-18(14-22)7-11-21(12-8-18)16(23)20-13-17(2,3)15-5-9-19-10-6-15/h5-6,9-10,22H,4,7-8,11-14H2,1-3H3,(H,20,23). The van der Waals surface area contributed by atoms with Gasteiger partial charge in [-0.15, -0.1) is 0 Å². The van der Waals surface area contributed by atoms with Crippen molar-refractivity contribution in [3.63, 3.8) is 0 Å². The Hall–Kier alpha value is -1.62. The molecule has 0 saturated carbocycles. The Morgan fingerprint density at radius 3 is 2.48 bits per heavy atom. The summed E-state index contributed by atoms with van der Waals surface area (Å²) in [6, 6.07) is 3.98. The van der Waals surface area contributed by atoms with E-state index in [0.717, 1.165) is 37.9 Å². The van der Waals surface area contributed by atoms with Gasteiger partial charge >= 0.3 is 6.03 Å². The van der Waals surface area contributed by atoms with Crippen LogP contribution in [0.5, 0.6) is 0 Å². The van der Waals surface area contributed by atoms with Crippen molar-refractivity contribution in [1.82, 2.24) is 15.2 Å². The molecule has 5 nitrogen and oxygen atoms in total. The maximum atomic E-state index is 12.4. The highest BCUT2D eigenvalue weighted by Crippen LogP contribution is 2.34. The van der Waals surface area contributed by atoms with Crippen molar-refractivity contribution < 1.29 is 9.90 Å². The van der Waals surface area contributed by atoms with Gasteiger partial charge in [-0.1, -0.05) is 20.8 Å². The molecule has 0 aromatic carbocycles. The number of aliphatic hydroxyl groups excluding tert-OH is 1. The third-order valence-electron chi connectivity index (χ3n) is 5.34. The molecule has 2 heterocycles. The van der Waals surface area contributed by atoms with Gasteiger partial charge in [-0.25, -0.2) is 4.79 Å². The molecule has 1 aromatic heterocycles. The number of pyridine rings is 1. The fraction of sp³-hybridized carbons (Fsp3) is 0.667. The van der Waals surface area contributed by atoms with E-state index in [1.807, 2.05) is 17.0 Å². The second kappa shape index (κ2) is 7.30. The van der Waals surface area contributed by atoms with E-state index in [1.54, 1.807) is 12.4 Å². The summed E-state index contributed by atoms with van der Waals surface area (Å²) in [7, 11) is 0. The van der Waals surface area contributed by atoms with Gasteiger partial charge in [-0.3, -0.25) is 4.98 Å². The van der Waals surface area contributed by atoms with Crippen LogP contribution in [0.15, 0.2) is 24.5 Å². The van der Waals surface area contributed by atoms with E-state index in [0.29, 0.717) is 6.54 Å². The van der Waals surface area contributed by atoms with Crippen molar-refractivity contribution in [3.05, 3.63) is 30.1 Å². The number of rotatable bonds is 5. The number of urea groups is 1. The third-order valence-corrected chi connectivity index (χ3v) is 5.34. The number of carbonyl (C=O) groups is 1. The van der Waals surface area contributed by atoms with Gasteiger partial charge in [-0.05, 0) is 42.4 Å². The Morgan fingerprint density at radius 1 is 1.35 bits per heavy atom. The van der Waals surface area contributed by atoms with Crippen molar-refractivity contribution in [1.29, 1.82) is 0 Å². The monoisotopic (exact) mass is 319 g/mol. The van der Waals surface area contributed by atoms with Gasteiger partial charge in [0, 0.05) is 44.0 Å². The summed E-state index contributed by atoms with van der Waals surface area (Å²) >= 11 is 0. The number of hydrogen-bond acceptors (Lipinski definition) is 3. The van der Waals surface area contributed by atoms with Crippen molar-refractivity contribution in [2.75, 3.05) is 26.2 Å². The van der Waals surface area contributed by atoms with Gasteiger partial charge in [0.2, 0.25) is 0 Å². The zero-order chi connectivity index (χ0) is 16.9. The molecule has 0 bridgehead atoms. The number of amides is 2. The molecule has 5 heteroatoms. The lowest BCUT2D eigenvalue weighted by Crippen LogP contribution is -2.50. The van der Waals surface area contributed by atoms with Crippen LogP contribution >= 0.6 is 0 Å². The summed E-state index contributed by atoms with van der Waals surface area (Å²) in [5.74, 6) is 0. The van der Waals surface area contributed by atoms with E-state index in [9.17, 15) is 9.90 Å². The van der Waals surface area contributed by atoms with Crippen molar-refractivity contribution >= 4 is 6.03 Å². The maximum absolute atomic E-state index is 12.4. The first-order valence-corrected chi connectivity index (χ1v) is 8.47. The largest absolute Gasteiger partial charge is 0.396 e. The van der Waals surface area contributed by atoms with Gasteiger partial charge in [-0.2, -0.15) is 0 Å². The van der Waals surface area contributed by atoms with Gasteiger partial charge in [0.05, 0.1) is 0 Å². The van der Waals surface area contributed by atoms with Crippen molar-refractivity contribution in [2.24, 2.45) is 5.41 Å². The van der Waals surface area contributed by atoms with E-state index in [-0.39, 0.29) is 23.5 Å². The van der Waals surface area contributed by atoms with Gasteiger partial charge in [0.1, 0.15) is 0 Å². The first-order valence-electron chi connectivity index (χ1n) is 8.47. The molecule has 1 saturated heterocycles. The summed E-state index contributed by atoms with van der Waals surface area (Å²) in [5.41, 5.74) is 1.04. The Labute approximate surface area is 139 Å². The number of piperidine rings is 1. The molecule has 0 unspecified atom stereocenters. The third kappa shape index (κ3) is 4.22. The van der Waals surface area contributed by atoms with Crippen molar-refractivity contribution in [3.8, 4) is 0 Å². The molecule has 0 radical (unpaired) electrons. The lowest BCUT2D eigenvalue weighted by Gasteiger charge is -2.40. The second-order valence-electron chi connectivity index (χ2n) is 7.28. The maximum Gasteiger partial charge on any atom is 0.317 e. The Morgan fingerprint density at radius 2 is 1.96 bits per heavy atom. The summed E-state index contributed by atoms with van der Waals surface area (Å²) in [6.45, 7) is 8.59. The predicted molar refractivity (Wildman–Crippen MR) is 91.3 cm³/mol. The van der Waals surface area contributed by atoms with Gasteiger partial charge < -0.3 is 15.3 Å². The average Bonchev–Trinajstić information content (AvgIpc) is 2.60. The van der Waals surface area contributed by atoms with Crippen LogP contribution in [0.2, 0.25) is 0 Å². The first-order chi connectivity index (χ1) is 10.9. The molecule has 1 aliphatic rings. The smallest absolute Gasteiger partial charge is 0.317 e. The molecule has 0 atom stereocenters. The minimum Gasteiger partial charge on any atom is -0.396 e. The molecular formula is C18H29N3O2. The van der Waals surface area contributed by atoms with Gasteiger partial charge in [0.15, 0.2) is 0 Å². The first kappa shape index (κ1) is 17.7. The Kier molecular flexibility index (Phi) is 5.63. The topological polar surface area (TPSA) is 65.5 Å². The van der Waals surface area contributed by atoms with Crippen LogP contribution < -0.4 is 5.32 Å². The predicted octanol–water partition coefficient (Wildman–Crippen LogP) is 2.55. The SMILES string of the molecule is CCC1(CO)CCN(C(=O)NCC(C)(C)c2ccncc2)CC1. The van der Waals surface area contributed by atoms with Crippen LogP contribution in [-0.2, 0) is 5.41 Å². The lowest BCUT2D eigenvalue weighted by atomic mass is 9.77. The molecule has 1 aliphatic heterocycles. The van der Waals surface area contributed by atoms with Crippen LogP contribution in [-0.4, -0.2) is 47.3 Å². The van der Waals surface area contributed by atoms with E-state index in [4.69, 9.17) is 0 Å². The van der Waals surface area contributed by atoms with Crippen LogP contribution in [0, 0.1) is 5.41 Å². The highest BCUT2D eigenvalue weighted by molar-refractivity contribution is 5.74. The fourth-order valence-electron chi connectivity index (χ4n) is 3.12. The van der Waals surface area contributed by atoms with Gasteiger partial charge in [0.25, 0.3) is 0 Å². The summed E-state index contributed by atoms with van der Waals surface area (Å²) in [4.78, 5) is 18.3. The molecule has 128 valence electrons. The summed E-state index contributed by atoms with van der Waals surface area (Å²) in [5, 5.41) is 12.6. The summed E-state index contributed by atoms with van der Waals surface area (Å²) < 4.78 is 0. The van der Waals surface area contributed by atoms with E-state index >= 15 is 0 Å². The number of carbonyl (C=O) groups excluding carboxylic acids is 1. The van der Waals surface area contributed by atoms with E-state index in [1.165, 1.54) is 0 Å². The zero-order valence-corrected chi connectivity index (χ0v) is 14.5. The number of hydrogen-bond donors (Lipinski definition) is 2. The number of nitrogens with one attached hydrogen (secondary N) is 1. The van der Waals surface area contributed by atoms with Crippen LogP contribution in [0.3, 0.4) is 0 Å². The number of aliphatic hydroxyl groups is 1. The van der Waals surface area contributed by atoms with E-state index < -0.39 is 0 Å². The molecule has 2 rings (SSSR count). The number of likely N-dealkylation sites (tertiary alicyclic amines) is 1. The van der Waals surface area contributed by atoms with Crippen LogP contribution in [0.25, 0.3) is 0 Å². The van der Waals surface area contributed by atoms with Crippen LogP contribution in [0.1, 0.15) is 45.6 Å². The lowest BCUT2D eigenvalue weighted by molar-refractivity contribution is 0.0518. The Balaban J connectivity index is 1.86. The minimum atomic E-state index is -0.132. The van der Waals surface area contributed by atoms with Crippen molar-refractivity contribution in [2.45, 2.75) is 45.4 Å². The quantitative estimate of drug-likeness (QED) is 0.876. The van der Waals surface area contributed by atoms with E-state index in [2.05, 4.69) is 31.1 Å². The highest BCUT2D eigenvalue weighted by atomic mass is 16.3. The molecule has 2 amide bonds. The molecule has 1 fully saturated rings. The summed E-state index contributed by atoms with van der Waals surface area (Å²) in [6.07, 6.45) is 6.28. The zero-order valence-electron chi connectivity index (χ0n) is 14.5. The molecule has 2 N–H and O–H groups in total. The Bertz CT molecular complexity index is 502. The number of nitrogens with zero attached hydrogens (tertiary/aromatic N) is 2. The molecular weight excluding hydrogens is 290 g/mol. The fourth-order valence-corrected chi connectivity index (χ4v) is 3.12. The molecule has 23 heavy (non-hydrogen) atoms. The highest BCUT2D eigenvalue weighted by Gasteiger charge is 2.34. The molecule has 1 aromatic rings. The van der Waals surface area contributed by atoms with Crippen LogP contribution in [0.4, 0.5) is 4.79 Å². The number of aromatic nitrogens is 1. The minimum absolute atomic E-state index is 0.00484. The molecule has 0 spiro atoms. The second-order valence-corrected chi connectivity index (χ2v) is 7.28.